The molecule has 7 rings (SSSR count). The molecule has 7 aromatic carbocycles. The quantitative estimate of drug-likeness (QED) is 0.0220. The van der Waals surface area contributed by atoms with E-state index in [4.69, 9.17) is 33.2 Å². The Morgan fingerprint density at radius 2 is 0.819 bits per heavy atom. The maximum absolute atomic E-state index is 13.3. The van der Waals surface area contributed by atoms with Crippen LogP contribution in [0.15, 0.2) is 153 Å². The van der Waals surface area contributed by atoms with Gasteiger partial charge in [0.1, 0.15) is 28.7 Å². The number of rotatable bonds is 26. The molecule has 7 aromatic rings. The molecule has 0 aliphatic heterocycles. The van der Waals surface area contributed by atoms with Crippen LogP contribution in [0.25, 0.3) is 32.3 Å². The molecular formula is C60H58O12. The van der Waals surface area contributed by atoms with Gasteiger partial charge in [-0.3, -0.25) is 0 Å². The van der Waals surface area contributed by atoms with Crippen LogP contribution < -0.4 is 23.7 Å². The number of fused-ring (bicyclic) bond motifs is 3. The lowest BCUT2D eigenvalue weighted by Gasteiger charge is -2.13. The van der Waals surface area contributed by atoms with Crippen molar-refractivity contribution in [3.05, 3.63) is 175 Å². The molecule has 0 saturated carbocycles. The third-order valence-corrected chi connectivity index (χ3v) is 11.8. The van der Waals surface area contributed by atoms with Crippen molar-refractivity contribution in [2.75, 3.05) is 26.4 Å². The van der Waals surface area contributed by atoms with Gasteiger partial charge in [0.05, 0.1) is 43.1 Å². The molecule has 0 atom stereocenters. The molecule has 0 aliphatic rings. The van der Waals surface area contributed by atoms with E-state index < -0.39 is 23.9 Å². The van der Waals surface area contributed by atoms with Crippen LogP contribution in [-0.4, -0.2) is 56.3 Å². The van der Waals surface area contributed by atoms with Crippen LogP contribution >= 0.6 is 0 Å². The molecule has 0 N–H and O–H groups in total. The molecule has 12 heteroatoms. The smallest absolute Gasteiger partial charge is 0.343 e. The number of hydrogen-bond acceptors (Lipinski definition) is 12. The van der Waals surface area contributed by atoms with Gasteiger partial charge < -0.3 is 33.2 Å². The summed E-state index contributed by atoms with van der Waals surface area (Å²) in [5, 5.41) is 5.23. The van der Waals surface area contributed by atoms with Crippen LogP contribution in [0.4, 0.5) is 0 Å². The Balaban J connectivity index is 0.799. The minimum atomic E-state index is -0.560. The first-order valence-corrected chi connectivity index (χ1v) is 24.3. The van der Waals surface area contributed by atoms with Crippen molar-refractivity contribution in [3.63, 3.8) is 0 Å². The van der Waals surface area contributed by atoms with Crippen molar-refractivity contribution in [1.29, 1.82) is 0 Å². The van der Waals surface area contributed by atoms with E-state index in [1.165, 1.54) is 6.08 Å². The van der Waals surface area contributed by atoms with E-state index in [1.807, 2.05) is 61.5 Å². The standard InChI is InChI=1S/C60H58O12/c1-4-15-47-40-54(28-29-55(47)72-60(65)50-21-18-46-39-53(70-57(62)6-3)27-24-43(46)36-50)71-59(64)49-20-17-45-38-52(26-23-42(45)35-49)67-31-12-8-10-14-33-69-58(63)48-19-16-44-37-51(25-22-41(44)34-48)66-30-11-7-9-13-32-68-56(61)5-2/h5-6,16-29,34-40H,2-4,7-15,30-33H2,1H3. The molecule has 0 unspecified atom stereocenters. The van der Waals surface area contributed by atoms with Gasteiger partial charge >= 0.3 is 29.8 Å². The van der Waals surface area contributed by atoms with E-state index in [9.17, 15) is 24.0 Å². The van der Waals surface area contributed by atoms with Gasteiger partial charge in [0, 0.05) is 12.2 Å². The van der Waals surface area contributed by atoms with Gasteiger partial charge in [0.15, 0.2) is 0 Å². The first kappa shape index (κ1) is 51.6. The minimum Gasteiger partial charge on any atom is -0.494 e. The molecule has 0 fully saturated rings. The summed E-state index contributed by atoms with van der Waals surface area (Å²) in [5.74, 6) is 0.227. The molecule has 0 aromatic heterocycles. The maximum Gasteiger partial charge on any atom is 0.343 e. The lowest BCUT2D eigenvalue weighted by Crippen LogP contribution is -2.11. The summed E-state index contributed by atoms with van der Waals surface area (Å²) in [6.45, 7) is 10.7. The van der Waals surface area contributed by atoms with Crippen molar-refractivity contribution in [3.8, 4) is 28.7 Å². The van der Waals surface area contributed by atoms with Crippen LogP contribution in [0, 0.1) is 0 Å². The first-order valence-electron chi connectivity index (χ1n) is 24.3. The second-order valence-electron chi connectivity index (χ2n) is 17.1. The summed E-state index contributed by atoms with van der Waals surface area (Å²) in [4.78, 5) is 62.1. The molecular weight excluding hydrogens is 913 g/mol. The molecule has 0 saturated heterocycles. The van der Waals surface area contributed by atoms with Crippen LogP contribution in [0.2, 0.25) is 0 Å². The normalized spacial score (nSPS) is 10.9. The molecule has 0 aliphatic carbocycles. The van der Waals surface area contributed by atoms with E-state index in [0.717, 1.165) is 113 Å². The lowest BCUT2D eigenvalue weighted by molar-refractivity contribution is -0.137. The first-order chi connectivity index (χ1) is 35.1. The zero-order chi connectivity index (χ0) is 50.7. The molecule has 0 radical (unpaired) electrons. The highest BCUT2D eigenvalue weighted by Gasteiger charge is 2.17. The fourth-order valence-corrected chi connectivity index (χ4v) is 7.94. The van der Waals surface area contributed by atoms with Crippen molar-refractivity contribution in [2.45, 2.75) is 71.1 Å². The van der Waals surface area contributed by atoms with Crippen molar-refractivity contribution < 1.29 is 57.1 Å². The second-order valence-corrected chi connectivity index (χ2v) is 17.1. The van der Waals surface area contributed by atoms with Gasteiger partial charge in [-0.2, -0.15) is 0 Å². The average Bonchev–Trinajstić information content (AvgIpc) is 3.40. The predicted octanol–water partition coefficient (Wildman–Crippen LogP) is 13.1. The monoisotopic (exact) mass is 970 g/mol. The summed E-state index contributed by atoms with van der Waals surface area (Å²) < 4.78 is 39.4. The van der Waals surface area contributed by atoms with E-state index >= 15 is 0 Å². The SMILES string of the molecule is C=CC(=O)OCCCCCCOc1ccc2cc(C(=O)OCCCCCCOc3ccc4cc(C(=O)Oc5ccc(OC(=O)c6ccc7cc(OC(=O)C=C)ccc7c6)c(CCC)c5)ccc4c3)ccc2c1. The Hall–Kier alpha value is -8.25. The third-order valence-electron chi connectivity index (χ3n) is 11.8. The Morgan fingerprint density at radius 3 is 1.35 bits per heavy atom. The van der Waals surface area contributed by atoms with Gasteiger partial charge in [-0.25, -0.2) is 24.0 Å². The number of benzene rings is 7. The number of esters is 5. The molecule has 72 heavy (non-hydrogen) atoms. The van der Waals surface area contributed by atoms with Gasteiger partial charge in [0.25, 0.3) is 0 Å². The molecule has 0 bridgehead atoms. The van der Waals surface area contributed by atoms with E-state index in [-0.39, 0.29) is 5.97 Å². The number of unbranched alkanes of at least 4 members (excludes halogenated alkanes) is 6. The van der Waals surface area contributed by atoms with Gasteiger partial charge in [-0.1, -0.05) is 62.9 Å². The number of ether oxygens (including phenoxy) is 7. The predicted molar refractivity (Wildman–Crippen MR) is 277 cm³/mol. The molecule has 0 heterocycles. The molecule has 12 nitrogen and oxygen atoms in total. The average molecular weight is 971 g/mol. The number of hydrogen-bond donors (Lipinski definition) is 0. The van der Waals surface area contributed by atoms with E-state index in [0.29, 0.717) is 66.8 Å². The summed E-state index contributed by atoms with van der Waals surface area (Å²) >= 11 is 0. The van der Waals surface area contributed by atoms with Crippen molar-refractivity contribution in [2.24, 2.45) is 0 Å². The fraction of sp³-hybridized carbons (Fsp3) is 0.250. The fourth-order valence-electron chi connectivity index (χ4n) is 7.94. The Labute approximate surface area is 419 Å². The van der Waals surface area contributed by atoms with Crippen LogP contribution in [0.1, 0.15) is 101 Å². The number of aryl methyl sites for hydroxylation is 1. The summed E-state index contributed by atoms with van der Waals surface area (Å²) in [5.41, 5.74) is 1.97. The minimum absolute atomic E-state index is 0.332. The van der Waals surface area contributed by atoms with E-state index in [2.05, 4.69) is 13.2 Å². The Kier molecular flexibility index (Phi) is 18.7. The van der Waals surface area contributed by atoms with Crippen molar-refractivity contribution in [1.82, 2.24) is 0 Å². The second kappa shape index (κ2) is 26.1. The van der Waals surface area contributed by atoms with Crippen LogP contribution in [0.5, 0.6) is 28.7 Å². The molecule has 0 amide bonds. The van der Waals surface area contributed by atoms with E-state index in [1.54, 1.807) is 72.8 Å². The number of carbonyl (C=O) groups excluding carboxylic acids is 5. The van der Waals surface area contributed by atoms with Gasteiger partial charge in [-0.05, 0) is 187 Å². The number of carbonyl (C=O) groups is 5. The topological polar surface area (TPSA) is 150 Å². The largest absolute Gasteiger partial charge is 0.494 e. The van der Waals surface area contributed by atoms with Crippen LogP contribution in [0.3, 0.4) is 0 Å². The van der Waals surface area contributed by atoms with Crippen LogP contribution in [-0.2, 0) is 25.5 Å². The zero-order valence-corrected chi connectivity index (χ0v) is 40.5. The highest BCUT2D eigenvalue weighted by molar-refractivity contribution is 5.99. The lowest BCUT2D eigenvalue weighted by atomic mass is 10.1. The highest BCUT2D eigenvalue weighted by Crippen LogP contribution is 2.30. The summed E-state index contributed by atoms with van der Waals surface area (Å²) in [6.07, 6.45) is 10.7. The third kappa shape index (κ3) is 14.9. The molecule has 370 valence electrons. The Bertz CT molecular complexity index is 3080. The maximum atomic E-state index is 13.3. The molecule has 0 spiro atoms. The highest BCUT2D eigenvalue weighted by atomic mass is 16.6. The summed E-state index contributed by atoms with van der Waals surface area (Å²) in [6, 6.07) is 37.6. The summed E-state index contributed by atoms with van der Waals surface area (Å²) in [7, 11) is 0. The van der Waals surface area contributed by atoms with Gasteiger partial charge in [0.2, 0.25) is 0 Å². The Morgan fingerprint density at radius 1 is 0.403 bits per heavy atom. The zero-order valence-electron chi connectivity index (χ0n) is 40.5. The van der Waals surface area contributed by atoms with Crippen molar-refractivity contribution >= 4 is 62.2 Å². The van der Waals surface area contributed by atoms with Gasteiger partial charge in [-0.15, -0.1) is 0 Å².